The molecule has 1 aromatic heterocycles. The van der Waals surface area contributed by atoms with Crippen molar-refractivity contribution in [3.8, 4) is 0 Å². The second kappa shape index (κ2) is 9.04. The molecule has 0 aliphatic carbocycles. The largest absolute Gasteiger partial charge is 0.341 e. The van der Waals surface area contributed by atoms with Gasteiger partial charge in [0.05, 0.1) is 6.54 Å². The van der Waals surface area contributed by atoms with Crippen molar-refractivity contribution >= 4 is 5.91 Å². The van der Waals surface area contributed by atoms with E-state index >= 15 is 0 Å². The zero-order valence-corrected chi connectivity index (χ0v) is 17.2. The van der Waals surface area contributed by atoms with Crippen molar-refractivity contribution in [1.82, 2.24) is 14.8 Å². The first kappa shape index (κ1) is 20.0. The lowest BCUT2D eigenvalue weighted by Crippen LogP contribution is -2.44. The van der Waals surface area contributed by atoms with Crippen molar-refractivity contribution in [1.29, 1.82) is 0 Å². The van der Waals surface area contributed by atoms with E-state index < -0.39 is 0 Å². The molecule has 5 heteroatoms. The minimum absolute atomic E-state index is 0.207. The first-order valence-corrected chi connectivity index (χ1v) is 10.8. The van der Waals surface area contributed by atoms with E-state index in [2.05, 4.69) is 17.0 Å². The van der Waals surface area contributed by atoms with E-state index in [1.165, 1.54) is 30.5 Å². The van der Waals surface area contributed by atoms with Crippen molar-refractivity contribution in [2.24, 2.45) is 0 Å². The number of likely N-dealkylation sites (tertiary alicyclic amines) is 2. The van der Waals surface area contributed by atoms with Crippen LogP contribution >= 0.6 is 0 Å². The molecule has 0 radical (unpaired) electrons. The molecule has 0 spiro atoms. The highest BCUT2D eigenvalue weighted by molar-refractivity contribution is 5.78. The maximum absolute atomic E-state index is 13.2. The van der Waals surface area contributed by atoms with Gasteiger partial charge in [-0.3, -0.25) is 14.7 Å². The molecule has 2 aliphatic rings. The maximum Gasteiger partial charge on any atom is 0.236 e. The van der Waals surface area contributed by atoms with Crippen LogP contribution in [0.4, 0.5) is 4.39 Å². The van der Waals surface area contributed by atoms with Crippen LogP contribution in [0.3, 0.4) is 0 Å². The minimum atomic E-state index is -0.207. The van der Waals surface area contributed by atoms with Gasteiger partial charge in [-0.15, -0.1) is 0 Å². The van der Waals surface area contributed by atoms with Gasteiger partial charge in [0, 0.05) is 30.4 Å². The fraction of sp³-hybridized carbons (Fsp3) is 0.500. The Balaban J connectivity index is 1.44. The van der Waals surface area contributed by atoms with E-state index in [9.17, 15) is 9.18 Å². The summed E-state index contributed by atoms with van der Waals surface area (Å²) in [7, 11) is 0. The van der Waals surface area contributed by atoms with Crippen LogP contribution in [0.2, 0.25) is 0 Å². The highest BCUT2D eigenvalue weighted by atomic mass is 19.1. The number of nitrogens with zero attached hydrogens (tertiary/aromatic N) is 3. The van der Waals surface area contributed by atoms with E-state index in [0.29, 0.717) is 6.54 Å². The van der Waals surface area contributed by atoms with Gasteiger partial charge in [0.1, 0.15) is 5.82 Å². The normalized spacial score (nSPS) is 20.2. The zero-order chi connectivity index (χ0) is 20.2. The smallest absolute Gasteiger partial charge is 0.236 e. The molecule has 4 rings (SSSR count). The molecule has 1 atom stereocenters. The number of aromatic nitrogens is 1. The summed E-state index contributed by atoms with van der Waals surface area (Å²) < 4.78 is 13.2. The Kier molecular flexibility index (Phi) is 6.24. The summed E-state index contributed by atoms with van der Waals surface area (Å²) >= 11 is 0. The molecule has 0 bridgehead atoms. The van der Waals surface area contributed by atoms with Crippen LogP contribution in [0.1, 0.15) is 54.1 Å². The number of carbonyl (C=O) groups is 1. The number of hydrogen-bond donors (Lipinski definition) is 0. The molecule has 4 nitrogen and oxygen atoms in total. The predicted molar refractivity (Wildman–Crippen MR) is 112 cm³/mol. The minimum Gasteiger partial charge on any atom is -0.341 e. The molecule has 1 amide bonds. The van der Waals surface area contributed by atoms with Crippen molar-refractivity contribution in [3.05, 3.63) is 64.7 Å². The summed E-state index contributed by atoms with van der Waals surface area (Å²) in [6.07, 6.45) is 5.28. The summed E-state index contributed by atoms with van der Waals surface area (Å²) in [5.74, 6) is 0.343. The summed E-state index contributed by atoms with van der Waals surface area (Å²) in [5.41, 5.74) is 4.37. The summed E-state index contributed by atoms with van der Waals surface area (Å²) in [4.78, 5) is 21.9. The van der Waals surface area contributed by atoms with Crippen LogP contribution < -0.4 is 0 Å². The first-order valence-electron chi connectivity index (χ1n) is 10.8. The molecule has 0 saturated carbocycles. The summed E-state index contributed by atoms with van der Waals surface area (Å²) in [5, 5.41) is 0. The van der Waals surface area contributed by atoms with Crippen molar-refractivity contribution in [2.75, 3.05) is 32.7 Å². The average molecular weight is 396 g/mol. The van der Waals surface area contributed by atoms with E-state index in [0.717, 1.165) is 62.4 Å². The van der Waals surface area contributed by atoms with Crippen molar-refractivity contribution in [3.63, 3.8) is 0 Å². The first-order chi connectivity index (χ1) is 14.1. The number of aryl methyl sites for hydroxylation is 1. The number of halogens is 1. The molecule has 2 aromatic rings. The van der Waals surface area contributed by atoms with Crippen molar-refractivity contribution < 1.29 is 9.18 Å². The van der Waals surface area contributed by atoms with E-state index in [4.69, 9.17) is 4.98 Å². The molecule has 154 valence electrons. The van der Waals surface area contributed by atoms with Crippen LogP contribution in [0.5, 0.6) is 0 Å². The van der Waals surface area contributed by atoms with Gasteiger partial charge in [0.15, 0.2) is 0 Å². The Labute approximate surface area is 172 Å². The lowest BCUT2D eigenvalue weighted by atomic mass is 9.92. The van der Waals surface area contributed by atoms with E-state index in [1.807, 2.05) is 24.0 Å². The fourth-order valence-electron chi connectivity index (χ4n) is 4.59. The van der Waals surface area contributed by atoms with Crippen LogP contribution in [-0.2, 0) is 11.2 Å². The number of pyridine rings is 1. The molecule has 0 N–H and O–H groups in total. The Hall–Kier alpha value is -2.27. The maximum atomic E-state index is 13.2. The summed E-state index contributed by atoms with van der Waals surface area (Å²) in [6, 6.07) is 11.0. The molecule has 29 heavy (non-hydrogen) atoms. The third kappa shape index (κ3) is 5.21. The molecule has 1 unspecified atom stereocenters. The predicted octanol–water partition coefficient (Wildman–Crippen LogP) is 3.92. The van der Waals surface area contributed by atoms with Crippen LogP contribution in [0.25, 0.3) is 0 Å². The van der Waals surface area contributed by atoms with Gasteiger partial charge in [0.25, 0.3) is 0 Å². The SMILES string of the molecule is Cc1cc(Cc2ccc(F)cc2)cc(C2CCCN(C(=O)CN3CCCC3)C2)n1. The van der Waals surface area contributed by atoms with Gasteiger partial charge in [-0.05, 0) is 87.5 Å². The second-order valence-electron chi connectivity index (χ2n) is 8.51. The van der Waals surface area contributed by atoms with Gasteiger partial charge in [-0.1, -0.05) is 12.1 Å². The Bertz CT molecular complexity index is 846. The number of hydrogen-bond acceptors (Lipinski definition) is 3. The zero-order valence-electron chi connectivity index (χ0n) is 17.2. The molecule has 2 aliphatic heterocycles. The van der Waals surface area contributed by atoms with Crippen LogP contribution in [0.15, 0.2) is 36.4 Å². The number of amides is 1. The summed E-state index contributed by atoms with van der Waals surface area (Å²) in [6.45, 7) is 6.31. The van der Waals surface area contributed by atoms with E-state index in [1.54, 1.807) is 0 Å². The topological polar surface area (TPSA) is 36.4 Å². The second-order valence-corrected chi connectivity index (χ2v) is 8.51. The average Bonchev–Trinajstić information content (AvgIpc) is 3.22. The lowest BCUT2D eigenvalue weighted by molar-refractivity contribution is -0.133. The van der Waals surface area contributed by atoms with Gasteiger partial charge >= 0.3 is 0 Å². The number of benzene rings is 1. The van der Waals surface area contributed by atoms with Gasteiger partial charge in [0.2, 0.25) is 5.91 Å². The standard InChI is InChI=1S/C24H30FN3O/c1-18-13-20(14-19-6-8-22(25)9-7-19)15-23(26-18)21-5-4-12-28(16-21)24(29)17-27-10-2-3-11-27/h6-9,13,15,21H,2-5,10-12,14,16-17H2,1H3. The number of carbonyl (C=O) groups excluding carboxylic acids is 1. The molecule has 2 saturated heterocycles. The number of rotatable bonds is 5. The Morgan fingerprint density at radius 2 is 1.83 bits per heavy atom. The fourth-order valence-corrected chi connectivity index (χ4v) is 4.59. The third-order valence-electron chi connectivity index (χ3n) is 6.10. The van der Waals surface area contributed by atoms with Crippen LogP contribution in [0, 0.1) is 12.7 Å². The Morgan fingerprint density at radius 1 is 1.07 bits per heavy atom. The number of piperidine rings is 1. The van der Waals surface area contributed by atoms with E-state index in [-0.39, 0.29) is 17.6 Å². The van der Waals surface area contributed by atoms with Gasteiger partial charge in [-0.2, -0.15) is 0 Å². The third-order valence-corrected chi connectivity index (χ3v) is 6.10. The van der Waals surface area contributed by atoms with Crippen molar-refractivity contribution in [2.45, 2.75) is 44.9 Å². The molecular weight excluding hydrogens is 365 g/mol. The monoisotopic (exact) mass is 395 g/mol. The quantitative estimate of drug-likeness (QED) is 0.770. The van der Waals surface area contributed by atoms with Crippen LogP contribution in [-0.4, -0.2) is 53.4 Å². The van der Waals surface area contributed by atoms with Gasteiger partial charge < -0.3 is 4.90 Å². The Morgan fingerprint density at radius 3 is 2.59 bits per heavy atom. The molecule has 3 heterocycles. The molecule has 2 fully saturated rings. The highest BCUT2D eigenvalue weighted by Crippen LogP contribution is 2.27. The molecule has 1 aromatic carbocycles. The lowest BCUT2D eigenvalue weighted by Gasteiger charge is -2.33. The highest BCUT2D eigenvalue weighted by Gasteiger charge is 2.27. The van der Waals surface area contributed by atoms with Gasteiger partial charge in [-0.25, -0.2) is 4.39 Å². The molecular formula is C24H30FN3O.